The van der Waals surface area contributed by atoms with Gasteiger partial charge in [-0.2, -0.15) is 0 Å². The van der Waals surface area contributed by atoms with Crippen LogP contribution in [0.3, 0.4) is 0 Å². The maximum atomic E-state index is 12.1. The Bertz CT molecular complexity index is 831. The summed E-state index contributed by atoms with van der Waals surface area (Å²) in [5.41, 5.74) is 1.16. The zero-order chi connectivity index (χ0) is 20.9. The highest BCUT2D eigenvalue weighted by Gasteiger charge is 2.78. The van der Waals surface area contributed by atoms with Gasteiger partial charge in [0, 0.05) is 5.57 Å². The molecule has 7 unspecified atom stereocenters. The predicted molar refractivity (Wildman–Crippen MR) is 109 cm³/mol. The summed E-state index contributed by atoms with van der Waals surface area (Å²) in [6, 6.07) is 0. The minimum atomic E-state index is -1.21. The number of esters is 1. The van der Waals surface area contributed by atoms with Gasteiger partial charge in [0.2, 0.25) is 0 Å². The zero-order valence-corrected chi connectivity index (χ0v) is 18.6. The third-order valence-corrected chi connectivity index (χ3v) is 8.69. The summed E-state index contributed by atoms with van der Waals surface area (Å²) in [6.45, 7) is 10.6. The Morgan fingerprint density at radius 2 is 2.03 bits per heavy atom. The van der Waals surface area contributed by atoms with Gasteiger partial charge in [0.15, 0.2) is 0 Å². The molecular weight excluding hydrogens is 392 g/mol. The smallest absolute Gasteiger partial charge is 0.334 e. The number of rotatable bonds is 3. The fraction of sp³-hybridized carbons (Fsp3) is 0.783. The second-order valence-corrected chi connectivity index (χ2v) is 10.7. The lowest BCUT2D eigenvalue weighted by Gasteiger charge is -2.56. The van der Waals surface area contributed by atoms with Crippen molar-refractivity contribution in [3.8, 4) is 0 Å². The summed E-state index contributed by atoms with van der Waals surface area (Å²) < 4.78 is 18.2. The van der Waals surface area contributed by atoms with Crippen molar-refractivity contribution in [2.45, 2.75) is 88.8 Å². The topological polar surface area (TPSA) is 68.3 Å². The first-order chi connectivity index (χ1) is 13.6. The Kier molecular flexibility index (Phi) is 4.21. The van der Waals surface area contributed by atoms with E-state index in [1.807, 2.05) is 27.7 Å². The molecule has 0 bridgehead atoms. The molecule has 1 saturated carbocycles. The summed E-state index contributed by atoms with van der Waals surface area (Å²) >= 11 is 6.87. The molecule has 0 aromatic rings. The van der Waals surface area contributed by atoms with E-state index in [1.165, 1.54) is 0 Å². The molecular formula is C23H31ClO5. The normalized spacial score (nSPS) is 48.0. The van der Waals surface area contributed by atoms with Crippen LogP contribution < -0.4 is 0 Å². The summed E-state index contributed by atoms with van der Waals surface area (Å²) in [4.78, 5) is 12.1. The summed E-state index contributed by atoms with van der Waals surface area (Å²) in [7, 11) is 0. The van der Waals surface area contributed by atoms with Gasteiger partial charge in [-0.25, -0.2) is 4.79 Å². The first kappa shape index (κ1) is 20.0. The van der Waals surface area contributed by atoms with Gasteiger partial charge in [-0.15, -0.1) is 11.6 Å². The second-order valence-electron chi connectivity index (χ2n) is 10.3. The Morgan fingerprint density at radius 3 is 2.69 bits per heavy atom. The average Bonchev–Trinajstić information content (AvgIpc) is 3.24. The van der Waals surface area contributed by atoms with Gasteiger partial charge < -0.3 is 19.3 Å². The van der Waals surface area contributed by atoms with E-state index in [-0.39, 0.29) is 35.4 Å². The van der Waals surface area contributed by atoms with Crippen molar-refractivity contribution in [3.63, 3.8) is 0 Å². The third kappa shape index (κ3) is 2.36. The number of carbonyl (C=O) groups is 1. The molecule has 0 radical (unpaired) electrons. The maximum Gasteiger partial charge on any atom is 0.334 e. The number of epoxide rings is 1. The Morgan fingerprint density at radius 1 is 1.31 bits per heavy atom. The first-order valence-corrected chi connectivity index (χ1v) is 11.3. The van der Waals surface area contributed by atoms with Crippen LogP contribution in [0.5, 0.6) is 0 Å². The van der Waals surface area contributed by atoms with Crippen molar-refractivity contribution in [1.82, 2.24) is 0 Å². The van der Waals surface area contributed by atoms with Gasteiger partial charge in [0.1, 0.15) is 23.9 Å². The van der Waals surface area contributed by atoms with Gasteiger partial charge in [0.25, 0.3) is 0 Å². The molecule has 2 aliphatic heterocycles. The summed E-state index contributed by atoms with van der Waals surface area (Å²) in [5.74, 6) is -0.0325. The lowest BCUT2D eigenvalue weighted by molar-refractivity contribution is -0.176. The fourth-order valence-electron chi connectivity index (χ4n) is 6.58. The average molecular weight is 423 g/mol. The Balaban J connectivity index is 1.64. The van der Waals surface area contributed by atoms with E-state index >= 15 is 0 Å². The fourth-order valence-corrected chi connectivity index (χ4v) is 7.07. The number of cyclic esters (lactones) is 1. The van der Waals surface area contributed by atoms with E-state index in [0.717, 1.165) is 36.0 Å². The van der Waals surface area contributed by atoms with Crippen molar-refractivity contribution in [2.75, 3.05) is 6.61 Å². The van der Waals surface area contributed by atoms with Crippen LogP contribution in [0.4, 0.5) is 0 Å². The molecule has 5 aliphatic rings. The molecule has 6 heteroatoms. The Labute approximate surface area is 177 Å². The van der Waals surface area contributed by atoms with Crippen molar-refractivity contribution in [3.05, 3.63) is 22.8 Å². The van der Waals surface area contributed by atoms with Gasteiger partial charge in [-0.05, 0) is 61.5 Å². The molecule has 2 fully saturated rings. The largest absolute Gasteiger partial charge is 0.458 e. The van der Waals surface area contributed by atoms with Crippen LogP contribution in [0.1, 0.15) is 53.9 Å². The molecule has 1 spiro atoms. The molecule has 0 aromatic carbocycles. The second kappa shape index (κ2) is 6.09. The van der Waals surface area contributed by atoms with Crippen molar-refractivity contribution in [1.29, 1.82) is 0 Å². The van der Waals surface area contributed by atoms with Crippen LogP contribution in [0, 0.1) is 17.3 Å². The van der Waals surface area contributed by atoms with E-state index in [9.17, 15) is 9.90 Å². The molecule has 7 atom stereocenters. The van der Waals surface area contributed by atoms with E-state index in [1.54, 1.807) is 0 Å². The van der Waals surface area contributed by atoms with Crippen molar-refractivity contribution in [2.24, 2.45) is 17.3 Å². The van der Waals surface area contributed by atoms with Crippen LogP contribution >= 0.6 is 11.6 Å². The number of carbonyl (C=O) groups excluding carboxylic acids is 1. The highest BCUT2D eigenvalue weighted by molar-refractivity contribution is 6.23. The van der Waals surface area contributed by atoms with Crippen LogP contribution in [-0.2, 0) is 19.0 Å². The molecule has 0 amide bonds. The zero-order valence-electron chi connectivity index (χ0n) is 17.8. The van der Waals surface area contributed by atoms with Crippen LogP contribution in [0.15, 0.2) is 22.8 Å². The van der Waals surface area contributed by atoms with E-state index in [4.69, 9.17) is 25.8 Å². The van der Waals surface area contributed by atoms with Crippen molar-refractivity contribution >= 4 is 17.6 Å². The van der Waals surface area contributed by atoms with Crippen LogP contribution in [0.2, 0.25) is 0 Å². The number of fused-ring (bicyclic) bond motifs is 3. The molecule has 2 heterocycles. The highest BCUT2D eigenvalue weighted by Crippen LogP contribution is 2.70. The molecule has 3 aliphatic carbocycles. The van der Waals surface area contributed by atoms with Gasteiger partial charge in [0.05, 0.1) is 17.6 Å². The van der Waals surface area contributed by atoms with E-state index in [2.05, 4.69) is 13.0 Å². The van der Waals surface area contributed by atoms with Gasteiger partial charge in [-0.1, -0.05) is 26.8 Å². The van der Waals surface area contributed by atoms with Crippen LogP contribution in [-0.4, -0.2) is 52.6 Å². The van der Waals surface area contributed by atoms with E-state index < -0.39 is 22.7 Å². The highest BCUT2D eigenvalue weighted by atomic mass is 35.5. The maximum absolute atomic E-state index is 12.1. The number of hydrogen-bond donors (Lipinski definition) is 1. The Hall–Kier alpha value is -0.880. The van der Waals surface area contributed by atoms with Gasteiger partial charge in [-0.3, -0.25) is 0 Å². The van der Waals surface area contributed by atoms with Gasteiger partial charge >= 0.3 is 5.97 Å². The minimum Gasteiger partial charge on any atom is -0.458 e. The van der Waals surface area contributed by atoms with Crippen LogP contribution in [0.25, 0.3) is 0 Å². The molecule has 1 saturated heterocycles. The monoisotopic (exact) mass is 422 g/mol. The van der Waals surface area contributed by atoms with Crippen molar-refractivity contribution < 1.29 is 24.1 Å². The number of hydrogen-bond acceptors (Lipinski definition) is 5. The molecule has 5 rings (SSSR count). The molecule has 160 valence electrons. The standard InChI is InChI=1S/C23H31ClO5/c1-11(2)22(26)17(24)9-16-21(5)7-6-13-14(10-27-19(13)25)15(21)8-18-23(16,29-18)20(22)28-12(3)4/h9,11-12,15,17-18,20,26H,6-8,10H2,1-5H3. The molecule has 5 nitrogen and oxygen atoms in total. The first-order valence-electron chi connectivity index (χ1n) is 10.9. The SMILES string of the molecule is CC(C)OC1C23OC2CC2C4=C(CCC2(C)C3=CC(Cl)C1(O)C(C)C)C(=O)OC4. The number of aliphatic hydroxyl groups is 1. The third-order valence-electron chi connectivity index (χ3n) is 8.22. The number of ether oxygens (including phenoxy) is 3. The number of alkyl halides is 1. The minimum absolute atomic E-state index is 0.0347. The predicted octanol–water partition coefficient (Wildman–Crippen LogP) is 3.53. The summed E-state index contributed by atoms with van der Waals surface area (Å²) in [6.07, 6.45) is 3.84. The lowest BCUT2D eigenvalue weighted by Crippen LogP contribution is -2.67. The molecule has 0 aromatic heterocycles. The van der Waals surface area contributed by atoms with E-state index in [0.29, 0.717) is 6.61 Å². The lowest BCUT2D eigenvalue weighted by atomic mass is 9.50. The quantitative estimate of drug-likeness (QED) is 0.326. The molecule has 29 heavy (non-hydrogen) atoms. The number of halogens is 1. The molecule has 1 N–H and O–H groups in total. The summed E-state index contributed by atoms with van der Waals surface area (Å²) in [5, 5.41) is 11.2.